The number of nitrogens with two attached hydrogens (primary N) is 1. The molecule has 6 heteroatoms. The topological polar surface area (TPSA) is 75.9 Å². The lowest BCUT2D eigenvalue weighted by molar-refractivity contribution is 1.17. The smallest absolute Gasteiger partial charge is 0.159 e. The van der Waals surface area contributed by atoms with Gasteiger partial charge in [-0.3, -0.25) is 0 Å². The Morgan fingerprint density at radius 2 is 1.58 bits per heavy atom. The molecule has 0 aliphatic rings. The number of nitrogens with zero attached hydrogens (tertiary/aromatic N) is 2. The second-order valence-corrected chi connectivity index (χ2v) is 6.39. The van der Waals surface area contributed by atoms with Gasteiger partial charge in [-0.1, -0.05) is 29.8 Å². The summed E-state index contributed by atoms with van der Waals surface area (Å²) in [5.74, 6) is 1.13. The van der Waals surface area contributed by atoms with Gasteiger partial charge in [-0.25, -0.2) is 9.97 Å². The summed E-state index contributed by atoms with van der Waals surface area (Å²) in [5, 5.41) is 6.51. The Bertz CT molecular complexity index is 879. The number of aryl methyl sites for hydroxylation is 2. The number of nitrogen functional groups attached to an aromatic ring is 1. The average molecular weight is 384 g/mol. The SMILES string of the molecule is Cc1ccc(Nc2ncnc(Nc3ccccc3Br)c2N)c(C)c1. The quantitative estimate of drug-likeness (QED) is 0.595. The van der Waals surface area contributed by atoms with Crippen molar-refractivity contribution in [3.05, 3.63) is 64.4 Å². The van der Waals surface area contributed by atoms with Crippen LogP contribution in [0.3, 0.4) is 0 Å². The Kier molecular flexibility index (Phi) is 4.66. The minimum atomic E-state index is 0.466. The maximum absolute atomic E-state index is 6.24. The standard InChI is InChI=1S/C18H18BrN5/c1-11-7-8-14(12(2)9-11)23-17-16(20)18(22-10-21-17)24-15-6-4-3-5-13(15)19/h3-10H,20H2,1-2H3,(H2,21,22,23,24). The van der Waals surface area contributed by atoms with E-state index in [0.29, 0.717) is 17.3 Å². The van der Waals surface area contributed by atoms with Crippen LogP contribution in [0.1, 0.15) is 11.1 Å². The first-order chi connectivity index (χ1) is 11.5. The predicted molar refractivity (Wildman–Crippen MR) is 103 cm³/mol. The van der Waals surface area contributed by atoms with Crippen LogP contribution in [0.2, 0.25) is 0 Å². The van der Waals surface area contributed by atoms with E-state index in [0.717, 1.165) is 21.4 Å². The van der Waals surface area contributed by atoms with Crippen molar-refractivity contribution in [2.45, 2.75) is 13.8 Å². The van der Waals surface area contributed by atoms with Crippen molar-refractivity contribution in [2.75, 3.05) is 16.4 Å². The van der Waals surface area contributed by atoms with Gasteiger partial charge < -0.3 is 16.4 Å². The van der Waals surface area contributed by atoms with E-state index in [1.165, 1.54) is 11.9 Å². The number of para-hydroxylation sites is 1. The number of hydrogen-bond donors (Lipinski definition) is 3. The zero-order valence-electron chi connectivity index (χ0n) is 13.5. The molecule has 0 saturated carbocycles. The zero-order valence-corrected chi connectivity index (χ0v) is 15.1. The van der Waals surface area contributed by atoms with Crippen LogP contribution in [-0.2, 0) is 0 Å². The first kappa shape index (κ1) is 16.3. The molecule has 3 rings (SSSR count). The van der Waals surface area contributed by atoms with Crippen LogP contribution < -0.4 is 16.4 Å². The van der Waals surface area contributed by atoms with Crippen LogP contribution >= 0.6 is 15.9 Å². The highest BCUT2D eigenvalue weighted by Gasteiger charge is 2.10. The maximum atomic E-state index is 6.24. The monoisotopic (exact) mass is 383 g/mol. The fraction of sp³-hybridized carbons (Fsp3) is 0.111. The molecule has 0 aliphatic heterocycles. The van der Waals surface area contributed by atoms with Crippen molar-refractivity contribution in [3.8, 4) is 0 Å². The molecular weight excluding hydrogens is 366 g/mol. The Labute approximate surface area is 149 Å². The second kappa shape index (κ2) is 6.88. The largest absolute Gasteiger partial charge is 0.393 e. The van der Waals surface area contributed by atoms with E-state index in [2.05, 4.69) is 49.5 Å². The summed E-state index contributed by atoms with van der Waals surface area (Å²) in [6.07, 6.45) is 1.49. The van der Waals surface area contributed by atoms with Gasteiger partial charge in [0.1, 0.15) is 12.0 Å². The van der Waals surface area contributed by atoms with Crippen molar-refractivity contribution < 1.29 is 0 Å². The average Bonchev–Trinajstić information content (AvgIpc) is 2.55. The number of benzene rings is 2. The molecule has 3 aromatic rings. The Hall–Kier alpha value is -2.60. The van der Waals surface area contributed by atoms with Crippen molar-refractivity contribution in [3.63, 3.8) is 0 Å². The van der Waals surface area contributed by atoms with E-state index in [1.54, 1.807) is 0 Å². The number of hydrogen-bond acceptors (Lipinski definition) is 5. The fourth-order valence-electron chi connectivity index (χ4n) is 2.37. The summed E-state index contributed by atoms with van der Waals surface area (Å²) >= 11 is 3.50. The lowest BCUT2D eigenvalue weighted by atomic mass is 10.1. The van der Waals surface area contributed by atoms with Gasteiger partial charge in [-0.05, 0) is 53.5 Å². The van der Waals surface area contributed by atoms with Gasteiger partial charge in [0, 0.05) is 10.2 Å². The molecule has 1 aromatic heterocycles. The van der Waals surface area contributed by atoms with E-state index < -0.39 is 0 Å². The molecule has 0 saturated heterocycles. The molecule has 2 aromatic carbocycles. The van der Waals surface area contributed by atoms with Gasteiger partial charge in [-0.15, -0.1) is 0 Å². The highest BCUT2D eigenvalue weighted by atomic mass is 79.9. The van der Waals surface area contributed by atoms with Crippen molar-refractivity contribution in [1.82, 2.24) is 9.97 Å². The van der Waals surface area contributed by atoms with Crippen LogP contribution in [0.25, 0.3) is 0 Å². The van der Waals surface area contributed by atoms with Gasteiger partial charge in [0.05, 0.1) is 5.69 Å². The molecule has 122 valence electrons. The first-order valence-electron chi connectivity index (χ1n) is 7.51. The van der Waals surface area contributed by atoms with Gasteiger partial charge in [0.25, 0.3) is 0 Å². The van der Waals surface area contributed by atoms with Crippen LogP contribution in [0.4, 0.5) is 28.7 Å². The maximum Gasteiger partial charge on any atom is 0.159 e. The van der Waals surface area contributed by atoms with Crippen molar-refractivity contribution >= 4 is 44.6 Å². The lowest BCUT2D eigenvalue weighted by Crippen LogP contribution is -2.06. The van der Waals surface area contributed by atoms with Gasteiger partial charge in [0.2, 0.25) is 0 Å². The fourth-order valence-corrected chi connectivity index (χ4v) is 2.75. The molecule has 0 atom stereocenters. The second-order valence-electron chi connectivity index (χ2n) is 5.53. The molecule has 4 N–H and O–H groups in total. The molecule has 5 nitrogen and oxygen atoms in total. The number of halogens is 1. The van der Waals surface area contributed by atoms with E-state index in [1.807, 2.05) is 43.3 Å². The summed E-state index contributed by atoms with van der Waals surface area (Å²) < 4.78 is 0.937. The Morgan fingerprint density at radius 1 is 0.917 bits per heavy atom. The van der Waals surface area contributed by atoms with Crippen molar-refractivity contribution in [2.24, 2.45) is 0 Å². The molecule has 0 fully saturated rings. The van der Waals surface area contributed by atoms with Gasteiger partial charge in [-0.2, -0.15) is 0 Å². The third kappa shape index (κ3) is 3.49. The molecule has 0 unspecified atom stereocenters. The van der Waals surface area contributed by atoms with Crippen LogP contribution in [0.5, 0.6) is 0 Å². The van der Waals surface area contributed by atoms with Gasteiger partial charge in [0.15, 0.2) is 11.6 Å². The van der Waals surface area contributed by atoms with Gasteiger partial charge >= 0.3 is 0 Å². The Morgan fingerprint density at radius 3 is 2.25 bits per heavy atom. The molecule has 0 spiro atoms. The van der Waals surface area contributed by atoms with E-state index in [4.69, 9.17) is 5.73 Å². The summed E-state index contributed by atoms with van der Waals surface area (Å²) in [5.41, 5.74) is 10.9. The minimum Gasteiger partial charge on any atom is -0.393 e. The van der Waals surface area contributed by atoms with Crippen LogP contribution in [-0.4, -0.2) is 9.97 Å². The molecule has 24 heavy (non-hydrogen) atoms. The highest BCUT2D eigenvalue weighted by molar-refractivity contribution is 9.10. The normalized spacial score (nSPS) is 10.5. The number of rotatable bonds is 4. The minimum absolute atomic E-state index is 0.466. The summed E-state index contributed by atoms with van der Waals surface area (Å²) in [7, 11) is 0. The number of aromatic nitrogens is 2. The molecule has 1 heterocycles. The molecule has 0 bridgehead atoms. The molecule has 0 radical (unpaired) electrons. The predicted octanol–water partition coefficient (Wildman–Crippen LogP) is 4.93. The summed E-state index contributed by atoms with van der Waals surface area (Å²) in [6.45, 7) is 4.11. The lowest BCUT2D eigenvalue weighted by Gasteiger charge is -2.14. The summed E-state index contributed by atoms with van der Waals surface area (Å²) in [6, 6.07) is 14.0. The van der Waals surface area contributed by atoms with E-state index in [9.17, 15) is 0 Å². The zero-order chi connectivity index (χ0) is 17.1. The third-order valence-electron chi connectivity index (χ3n) is 3.65. The Balaban J connectivity index is 1.89. The third-order valence-corrected chi connectivity index (χ3v) is 4.34. The molecule has 0 amide bonds. The number of nitrogens with one attached hydrogen (secondary N) is 2. The van der Waals surface area contributed by atoms with Crippen LogP contribution in [0.15, 0.2) is 53.3 Å². The highest BCUT2D eigenvalue weighted by Crippen LogP contribution is 2.31. The first-order valence-corrected chi connectivity index (χ1v) is 8.30. The summed E-state index contributed by atoms with van der Waals surface area (Å²) in [4.78, 5) is 8.51. The van der Waals surface area contributed by atoms with Crippen molar-refractivity contribution in [1.29, 1.82) is 0 Å². The van der Waals surface area contributed by atoms with E-state index in [-0.39, 0.29) is 0 Å². The molecule has 0 aliphatic carbocycles. The van der Waals surface area contributed by atoms with Crippen LogP contribution in [0, 0.1) is 13.8 Å². The molecular formula is C18H18BrN5. The number of anilines is 5. The van der Waals surface area contributed by atoms with E-state index >= 15 is 0 Å².